The molecule has 0 saturated carbocycles. The van der Waals surface area contributed by atoms with E-state index in [1.54, 1.807) is 0 Å². The van der Waals surface area contributed by atoms with Gasteiger partial charge in [0.2, 0.25) is 0 Å². The Labute approximate surface area is 177 Å². The third-order valence-electron chi connectivity index (χ3n) is 5.47. The van der Waals surface area contributed by atoms with E-state index in [9.17, 15) is 4.55 Å². The molecule has 1 unspecified atom stereocenters. The maximum Gasteiger partial charge on any atom is 0.192 e. The fourth-order valence-corrected chi connectivity index (χ4v) is 4.27. The van der Waals surface area contributed by atoms with Gasteiger partial charge >= 0.3 is 0 Å². The van der Waals surface area contributed by atoms with Crippen molar-refractivity contribution in [1.29, 1.82) is 0 Å². The minimum atomic E-state index is -1.78. The second-order valence-corrected chi connectivity index (χ2v) is 16.9. The number of hydrogen-bond acceptors (Lipinski definition) is 3. The molecule has 1 N–H and O–H groups in total. The lowest BCUT2D eigenvalue weighted by atomic mass is 10.00. The summed E-state index contributed by atoms with van der Waals surface area (Å²) in [5.41, 5.74) is 2.36. The maximum absolute atomic E-state index is 12.7. The lowest BCUT2D eigenvalue weighted by Gasteiger charge is -2.36. The zero-order chi connectivity index (χ0) is 21.6. The van der Waals surface area contributed by atoms with Crippen molar-refractivity contribution in [1.82, 2.24) is 4.72 Å². The molecule has 0 spiro atoms. The standard InChI is InChI=1S/C23H41NO2SSi/c1-10-11-12-16-21(24-27(25)22(2,3)4)20-15-13-14-19(17-20)18-26-28(8,9)23(5,6)7/h10,13-15,17,21,24H,1,11-12,16,18H2,2-9H3/t21-,27?/m1/s1. The van der Waals surface area contributed by atoms with Gasteiger partial charge in [-0.25, -0.2) is 0 Å². The minimum absolute atomic E-state index is 0.0628. The van der Waals surface area contributed by atoms with Gasteiger partial charge in [-0.05, 0) is 69.3 Å². The molecule has 0 aliphatic heterocycles. The van der Waals surface area contributed by atoms with Crippen LogP contribution in [0.15, 0.2) is 36.9 Å². The summed E-state index contributed by atoms with van der Waals surface area (Å²) in [6.45, 7) is 21.8. The Bertz CT molecular complexity index is 620. The average Bonchev–Trinajstić information content (AvgIpc) is 2.57. The summed E-state index contributed by atoms with van der Waals surface area (Å²) < 4.78 is 22.2. The highest BCUT2D eigenvalue weighted by Crippen LogP contribution is 2.37. The second kappa shape index (κ2) is 10.4. The zero-order valence-corrected chi connectivity index (χ0v) is 21.0. The van der Waals surface area contributed by atoms with Crippen LogP contribution in [-0.4, -0.2) is 17.6 Å². The predicted octanol–water partition coefficient (Wildman–Crippen LogP) is 6.66. The van der Waals surface area contributed by atoms with E-state index in [4.69, 9.17) is 4.43 Å². The molecule has 0 saturated heterocycles. The molecule has 3 nitrogen and oxygen atoms in total. The Kier molecular flexibility index (Phi) is 9.49. The molecule has 0 aromatic heterocycles. The topological polar surface area (TPSA) is 44.3 Å². The third-order valence-corrected chi connectivity index (χ3v) is 11.6. The first kappa shape index (κ1) is 25.4. The van der Waals surface area contributed by atoms with Gasteiger partial charge in [-0.2, -0.15) is 0 Å². The Balaban J connectivity index is 2.95. The predicted molar refractivity (Wildman–Crippen MR) is 126 cm³/mol. The molecule has 28 heavy (non-hydrogen) atoms. The summed E-state index contributed by atoms with van der Waals surface area (Å²) in [7, 11) is -1.78. The third kappa shape index (κ3) is 8.03. The highest BCUT2D eigenvalue weighted by Gasteiger charge is 2.37. The maximum atomic E-state index is 12.7. The SMILES string of the molecule is C=CCCC[C@@H](N[S+]([O-])C(C)(C)C)c1cccc(CO[Si](C)(C)C(C)(C)C)c1. The summed E-state index contributed by atoms with van der Waals surface area (Å²) >= 11 is -1.11. The number of hydrogen-bond donors (Lipinski definition) is 1. The van der Waals surface area contributed by atoms with E-state index in [0.29, 0.717) is 6.61 Å². The van der Waals surface area contributed by atoms with Gasteiger partial charge in [0, 0.05) is 11.4 Å². The monoisotopic (exact) mass is 423 g/mol. The van der Waals surface area contributed by atoms with Crippen LogP contribution in [0.5, 0.6) is 0 Å². The van der Waals surface area contributed by atoms with Crippen molar-refractivity contribution in [2.24, 2.45) is 0 Å². The molecule has 1 aromatic rings. The normalized spacial score (nSPS) is 15.3. The van der Waals surface area contributed by atoms with Crippen LogP contribution in [0.2, 0.25) is 18.1 Å². The van der Waals surface area contributed by atoms with Crippen LogP contribution in [0.25, 0.3) is 0 Å². The first-order chi connectivity index (χ1) is 12.8. The zero-order valence-electron chi connectivity index (χ0n) is 19.2. The number of unbranched alkanes of at least 4 members (excludes halogenated alkanes) is 1. The highest BCUT2D eigenvalue weighted by atomic mass is 32.2. The molecule has 0 aliphatic carbocycles. The van der Waals surface area contributed by atoms with Crippen LogP contribution < -0.4 is 4.72 Å². The van der Waals surface area contributed by atoms with Gasteiger partial charge in [0.1, 0.15) is 4.75 Å². The summed E-state index contributed by atoms with van der Waals surface area (Å²) in [6, 6.07) is 8.60. The molecule has 5 heteroatoms. The van der Waals surface area contributed by atoms with Gasteiger partial charge in [0.05, 0.1) is 12.6 Å². The molecule has 0 bridgehead atoms. The molecule has 2 atom stereocenters. The highest BCUT2D eigenvalue weighted by molar-refractivity contribution is 7.90. The van der Waals surface area contributed by atoms with Crippen molar-refractivity contribution >= 4 is 19.7 Å². The van der Waals surface area contributed by atoms with Crippen molar-refractivity contribution in [3.05, 3.63) is 48.0 Å². The van der Waals surface area contributed by atoms with Crippen LogP contribution in [0, 0.1) is 0 Å². The molecular weight excluding hydrogens is 382 g/mol. The molecule has 0 fully saturated rings. The Hall–Kier alpha value is -0.593. The Morgan fingerprint density at radius 3 is 2.39 bits per heavy atom. The Morgan fingerprint density at radius 2 is 1.86 bits per heavy atom. The van der Waals surface area contributed by atoms with Crippen LogP contribution in [0.4, 0.5) is 0 Å². The van der Waals surface area contributed by atoms with E-state index in [1.165, 1.54) is 11.1 Å². The Morgan fingerprint density at radius 1 is 1.21 bits per heavy atom. The van der Waals surface area contributed by atoms with Crippen LogP contribution >= 0.6 is 0 Å². The number of benzene rings is 1. The first-order valence-corrected chi connectivity index (χ1v) is 14.4. The van der Waals surface area contributed by atoms with Crippen molar-refractivity contribution < 1.29 is 8.98 Å². The first-order valence-electron chi connectivity index (χ1n) is 10.3. The van der Waals surface area contributed by atoms with Crippen molar-refractivity contribution in [3.63, 3.8) is 0 Å². The smallest absolute Gasteiger partial charge is 0.192 e. The molecule has 0 aliphatic rings. The van der Waals surface area contributed by atoms with Gasteiger partial charge in [0.25, 0.3) is 0 Å². The molecule has 160 valence electrons. The molecule has 0 radical (unpaired) electrons. The summed E-state index contributed by atoms with van der Waals surface area (Å²) in [5, 5.41) is 0.197. The molecule has 1 rings (SSSR count). The van der Waals surface area contributed by atoms with E-state index in [1.807, 2.05) is 26.8 Å². The quantitative estimate of drug-likeness (QED) is 0.198. The summed E-state index contributed by atoms with van der Waals surface area (Å²) in [5.74, 6) is 0. The molecular formula is C23H41NO2SSi. The average molecular weight is 424 g/mol. The van der Waals surface area contributed by atoms with E-state index >= 15 is 0 Å². The van der Waals surface area contributed by atoms with Crippen LogP contribution in [0.3, 0.4) is 0 Å². The summed E-state index contributed by atoms with van der Waals surface area (Å²) in [4.78, 5) is 0. The van der Waals surface area contributed by atoms with Crippen molar-refractivity contribution in [2.75, 3.05) is 0 Å². The van der Waals surface area contributed by atoms with E-state index in [0.717, 1.165) is 19.3 Å². The minimum Gasteiger partial charge on any atom is -0.598 e. The van der Waals surface area contributed by atoms with Gasteiger partial charge in [-0.3, -0.25) is 0 Å². The van der Waals surface area contributed by atoms with Crippen molar-refractivity contribution in [2.45, 2.75) is 96.3 Å². The number of nitrogens with one attached hydrogen (secondary N) is 1. The van der Waals surface area contributed by atoms with Crippen LogP contribution in [-0.2, 0) is 22.4 Å². The van der Waals surface area contributed by atoms with Crippen LogP contribution in [0.1, 0.15) is 78.0 Å². The van der Waals surface area contributed by atoms with E-state index in [-0.39, 0.29) is 15.8 Å². The lowest BCUT2D eigenvalue weighted by Crippen LogP contribution is -2.41. The number of rotatable bonds is 10. The lowest BCUT2D eigenvalue weighted by molar-refractivity contribution is 0.276. The summed E-state index contributed by atoms with van der Waals surface area (Å²) in [6.07, 6.45) is 4.86. The van der Waals surface area contributed by atoms with Gasteiger partial charge in [-0.1, -0.05) is 51.1 Å². The van der Waals surface area contributed by atoms with Crippen molar-refractivity contribution in [3.8, 4) is 0 Å². The fourth-order valence-electron chi connectivity index (χ4n) is 2.45. The number of allylic oxidation sites excluding steroid dienone is 1. The van der Waals surface area contributed by atoms with E-state index in [2.05, 4.69) is 69.4 Å². The van der Waals surface area contributed by atoms with Gasteiger partial charge in [0.15, 0.2) is 8.32 Å². The fraction of sp³-hybridized carbons (Fsp3) is 0.652. The molecule has 1 aromatic carbocycles. The second-order valence-electron chi connectivity index (χ2n) is 10.1. The largest absolute Gasteiger partial charge is 0.598 e. The molecule has 0 heterocycles. The van der Waals surface area contributed by atoms with E-state index < -0.39 is 19.7 Å². The van der Waals surface area contributed by atoms with Gasteiger partial charge in [-0.15, -0.1) is 11.3 Å². The molecule has 0 amide bonds. The van der Waals surface area contributed by atoms with Gasteiger partial charge < -0.3 is 8.98 Å².